The summed E-state index contributed by atoms with van der Waals surface area (Å²) in [5, 5.41) is 11.5. The van der Waals surface area contributed by atoms with E-state index in [1.54, 1.807) is 0 Å². The van der Waals surface area contributed by atoms with E-state index in [-0.39, 0.29) is 54.2 Å². The van der Waals surface area contributed by atoms with Crippen LogP contribution in [0.3, 0.4) is 0 Å². The van der Waals surface area contributed by atoms with Gasteiger partial charge >= 0.3 is 29.6 Å². The number of hydrogen-bond acceptors (Lipinski definition) is 5. The number of amides is 1. The van der Waals surface area contributed by atoms with Crippen molar-refractivity contribution in [3.63, 3.8) is 0 Å². The van der Waals surface area contributed by atoms with Crippen LogP contribution in [0.15, 0.2) is 0 Å². The molecule has 6 nitrogen and oxygen atoms in total. The first-order valence-electron chi connectivity index (χ1n) is 4.31. The number of nitrogens with one attached hydrogen (secondary N) is 1. The van der Waals surface area contributed by atoms with Crippen molar-refractivity contribution in [2.75, 3.05) is 6.54 Å². The number of hydrogen-bond donors (Lipinski definition) is 2. The maximum atomic E-state index is 11.0. The summed E-state index contributed by atoms with van der Waals surface area (Å²) in [6.45, 7) is 0.573. The third-order valence-corrected chi connectivity index (χ3v) is 3.16. The Labute approximate surface area is 110 Å². The zero-order valence-electron chi connectivity index (χ0n) is 8.47. The van der Waals surface area contributed by atoms with Crippen LogP contribution in [0, 0.1) is 5.92 Å². The molecule has 0 aromatic heterocycles. The van der Waals surface area contributed by atoms with Gasteiger partial charge in [-0.3, -0.25) is 4.79 Å². The van der Waals surface area contributed by atoms with Crippen LogP contribution in [-0.4, -0.2) is 36.0 Å². The molecule has 1 aliphatic rings. The van der Waals surface area contributed by atoms with Crippen molar-refractivity contribution in [3.8, 4) is 0 Å². The van der Waals surface area contributed by atoms with Crippen LogP contribution in [-0.2, 0) is 14.9 Å². The molecule has 0 aromatic carbocycles. The summed E-state index contributed by atoms with van der Waals surface area (Å²) in [6.07, 6.45) is 0.683. The predicted octanol–water partition coefficient (Wildman–Crippen LogP) is -4.23. The topological polar surface area (TPSA) is 107 Å². The molecule has 0 saturated carbocycles. The second kappa shape index (κ2) is 6.17. The first-order valence-corrected chi connectivity index (χ1v) is 5.79. The van der Waals surface area contributed by atoms with Gasteiger partial charge in [-0.15, -0.1) is 0 Å². The second-order valence-corrected chi connectivity index (χ2v) is 4.83. The number of aliphatic hydroxyl groups is 1. The van der Waals surface area contributed by atoms with E-state index in [4.69, 9.17) is 5.11 Å². The van der Waals surface area contributed by atoms with Gasteiger partial charge in [0.05, 0.1) is 0 Å². The molecule has 1 heterocycles. The smallest absolute Gasteiger partial charge is 0.746 e. The zero-order valence-corrected chi connectivity index (χ0v) is 11.3. The van der Waals surface area contributed by atoms with Gasteiger partial charge in [-0.1, -0.05) is 0 Å². The summed E-state index contributed by atoms with van der Waals surface area (Å²) >= 11 is 0. The van der Waals surface area contributed by atoms with Gasteiger partial charge in [-0.25, -0.2) is 8.42 Å². The zero-order chi connectivity index (χ0) is 10.8. The van der Waals surface area contributed by atoms with E-state index in [0.29, 0.717) is 13.0 Å². The number of carbonyl (C=O) groups excluding carboxylic acids is 1. The Hall–Kier alpha value is 0.340. The van der Waals surface area contributed by atoms with Gasteiger partial charge in [0.15, 0.2) is 0 Å². The average molecular weight is 245 g/mol. The SMILES string of the molecule is O=C1NCC[C@@H]1CCC(O)S(=O)(=O)[O-].[Na+]. The van der Waals surface area contributed by atoms with Crippen molar-refractivity contribution in [2.24, 2.45) is 5.92 Å². The Kier molecular flexibility index (Phi) is 6.31. The molecular weight excluding hydrogens is 233 g/mol. The maximum Gasteiger partial charge on any atom is 1.00 e. The molecular formula is C7H12NNaO5S. The molecule has 2 atom stereocenters. The normalized spacial score (nSPS) is 23.1. The third kappa shape index (κ3) is 4.80. The van der Waals surface area contributed by atoms with Crippen LogP contribution in [0.2, 0.25) is 0 Å². The molecule has 0 bridgehead atoms. The quantitative estimate of drug-likeness (QED) is 0.385. The maximum absolute atomic E-state index is 11.0. The molecule has 82 valence electrons. The Morgan fingerprint density at radius 1 is 1.60 bits per heavy atom. The summed E-state index contributed by atoms with van der Waals surface area (Å²) in [5.74, 6) is -0.410. The van der Waals surface area contributed by atoms with Gasteiger partial charge in [0.25, 0.3) is 0 Å². The van der Waals surface area contributed by atoms with E-state index in [2.05, 4.69) is 5.32 Å². The summed E-state index contributed by atoms with van der Waals surface area (Å²) < 4.78 is 30.9. The van der Waals surface area contributed by atoms with Crippen LogP contribution < -0.4 is 34.9 Å². The molecule has 1 amide bonds. The van der Waals surface area contributed by atoms with Crippen molar-refractivity contribution in [3.05, 3.63) is 0 Å². The van der Waals surface area contributed by atoms with Gasteiger partial charge in [-0.05, 0) is 19.3 Å². The first kappa shape index (κ1) is 15.3. The van der Waals surface area contributed by atoms with Crippen molar-refractivity contribution >= 4 is 16.0 Å². The Morgan fingerprint density at radius 3 is 2.60 bits per heavy atom. The minimum absolute atomic E-state index is 0. The van der Waals surface area contributed by atoms with E-state index in [1.165, 1.54) is 0 Å². The average Bonchev–Trinajstić information content (AvgIpc) is 2.45. The van der Waals surface area contributed by atoms with Gasteiger partial charge in [0, 0.05) is 12.5 Å². The summed E-state index contributed by atoms with van der Waals surface area (Å²) in [7, 11) is -4.64. The monoisotopic (exact) mass is 245 g/mol. The largest absolute Gasteiger partial charge is 1.00 e. The fourth-order valence-corrected chi connectivity index (χ4v) is 1.83. The molecule has 1 aliphatic heterocycles. The third-order valence-electron chi connectivity index (χ3n) is 2.26. The van der Waals surface area contributed by atoms with E-state index in [0.717, 1.165) is 0 Å². The van der Waals surface area contributed by atoms with E-state index < -0.39 is 15.6 Å². The number of rotatable bonds is 4. The molecule has 1 fully saturated rings. The second-order valence-electron chi connectivity index (χ2n) is 3.30. The Bertz CT molecular complexity index is 317. The van der Waals surface area contributed by atoms with E-state index in [9.17, 15) is 17.8 Å². The van der Waals surface area contributed by atoms with Crippen LogP contribution in [0.1, 0.15) is 19.3 Å². The van der Waals surface area contributed by atoms with Crippen molar-refractivity contribution in [2.45, 2.75) is 24.7 Å². The van der Waals surface area contributed by atoms with Crippen LogP contribution in [0.4, 0.5) is 0 Å². The van der Waals surface area contributed by atoms with E-state index in [1.807, 2.05) is 0 Å². The summed E-state index contributed by atoms with van der Waals surface area (Å²) in [4.78, 5) is 11.0. The molecule has 0 aliphatic carbocycles. The molecule has 0 spiro atoms. The molecule has 1 unspecified atom stereocenters. The molecule has 8 heteroatoms. The number of aliphatic hydroxyl groups excluding tert-OH is 1. The minimum atomic E-state index is -4.64. The van der Waals surface area contributed by atoms with Crippen molar-refractivity contribution in [1.29, 1.82) is 0 Å². The molecule has 0 radical (unpaired) electrons. The predicted molar refractivity (Wildman–Crippen MR) is 46.1 cm³/mol. The van der Waals surface area contributed by atoms with Gasteiger partial charge in [0.1, 0.15) is 15.6 Å². The molecule has 0 aromatic rings. The number of carbonyl (C=O) groups is 1. The van der Waals surface area contributed by atoms with Crippen molar-refractivity contribution in [1.82, 2.24) is 5.32 Å². The van der Waals surface area contributed by atoms with Crippen LogP contribution in [0.25, 0.3) is 0 Å². The minimum Gasteiger partial charge on any atom is -0.746 e. The Morgan fingerprint density at radius 2 is 2.20 bits per heavy atom. The Balaban J connectivity index is 0.00000196. The fourth-order valence-electron chi connectivity index (χ4n) is 1.41. The molecule has 1 rings (SSSR count). The van der Waals surface area contributed by atoms with Gasteiger partial charge in [0.2, 0.25) is 5.91 Å². The summed E-state index contributed by atoms with van der Waals surface area (Å²) in [5.41, 5.74) is -1.89. The van der Waals surface area contributed by atoms with E-state index >= 15 is 0 Å². The van der Waals surface area contributed by atoms with Gasteiger partial charge < -0.3 is 15.0 Å². The van der Waals surface area contributed by atoms with Crippen LogP contribution >= 0.6 is 0 Å². The molecule has 1 saturated heterocycles. The first-order chi connectivity index (χ1) is 6.41. The van der Waals surface area contributed by atoms with Crippen LogP contribution in [0.5, 0.6) is 0 Å². The molecule has 15 heavy (non-hydrogen) atoms. The standard InChI is InChI=1S/C7H13NO5S.Na/c9-6(14(11,12)13)2-1-5-3-4-8-7(5)10;/h5-6,9H,1-4H2,(H,8,10)(H,11,12,13);/q;+1/p-1/t5-,6?;/m0./s1. The summed E-state index contributed by atoms with van der Waals surface area (Å²) in [6, 6.07) is 0. The van der Waals surface area contributed by atoms with Gasteiger partial charge in [-0.2, -0.15) is 0 Å². The van der Waals surface area contributed by atoms with Crippen molar-refractivity contribution < 1.29 is 52.4 Å². The fraction of sp³-hybridized carbons (Fsp3) is 0.857. The molecule has 2 N–H and O–H groups in total.